The van der Waals surface area contributed by atoms with Crippen LogP contribution in [0.3, 0.4) is 0 Å². The Bertz CT molecular complexity index is 345. The van der Waals surface area contributed by atoms with Gasteiger partial charge in [0.05, 0.1) is 0 Å². The van der Waals surface area contributed by atoms with Crippen LogP contribution in [0, 0.1) is 5.41 Å². The van der Waals surface area contributed by atoms with Crippen LogP contribution in [0.4, 0.5) is 0 Å². The number of hydrogen-bond donors (Lipinski definition) is 1. The van der Waals surface area contributed by atoms with E-state index in [0.717, 1.165) is 0 Å². The molecule has 1 aromatic rings. The van der Waals surface area contributed by atoms with Gasteiger partial charge in [-0.05, 0) is 6.42 Å². The van der Waals surface area contributed by atoms with Crippen LogP contribution in [0.5, 0.6) is 0 Å². The Kier molecular flexibility index (Phi) is 3.47. The molecule has 0 unspecified atom stereocenters. The number of aromatic nitrogens is 4. The molecule has 1 aromatic heterocycles. The normalized spacial score (nSPS) is 12.9. The minimum atomic E-state index is -0.370. The minimum absolute atomic E-state index is 0.150. The third kappa shape index (κ3) is 2.96. The van der Waals surface area contributed by atoms with Crippen LogP contribution in [0.2, 0.25) is 0 Å². The maximum Gasteiger partial charge on any atom is 0.197 e. The summed E-state index contributed by atoms with van der Waals surface area (Å²) in [7, 11) is 0. The van der Waals surface area contributed by atoms with Crippen molar-refractivity contribution in [2.75, 3.05) is 0 Å². The highest BCUT2D eigenvalue weighted by atomic mass is 127. The topological polar surface area (TPSA) is 71.5 Å². The highest BCUT2D eigenvalue weighted by molar-refractivity contribution is 14.1. The molecule has 0 fully saturated rings. The lowest BCUT2D eigenvalue weighted by molar-refractivity contribution is -0.117. The quantitative estimate of drug-likeness (QED) is 0.678. The summed E-state index contributed by atoms with van der Waals surface area (Å²) in [6.07, 6.45) is 0.696. The second kappa shape index (κ2) is 4.15. The first-order valence-electron chi connectivity index (χ1n) is 4.69. The fourth-order valence-electron chi connectivity index (χ4n) is 1.70. The highest BCUT2D eigenvalue weighted by Crippen LogP contribution is 2.36. The van der Waals surface area contributed by atoms with Gasteiger partial charge >= 0.3 is 0 Å². The third-order valence-corrected chi connectivity index (χ3v) is 3.83. The Hall–Kier alpha value is -0.530. The zero-order valence-corrected chi connectivity index (χ0v) is 11.5. The zero-order valence-electron chi connectivity index (χ0n) is 9.33. The first-order valence-corrected chi connectivity index (χ1v) is 5.77. The molecule has 0 saturated carbocycles. The average molecular weight is 322 g/mol. The molecule has 84 valence electrons. The molecule has 0 radical (unpaired) electrons. The summed E-state index contributed by atoms with van der Waals surface area (Å²) < 4.78 is 0.150. The van der Waals surface area contributed by atoms with E-state index in [1.54, 1.807) is 0 Å². The second-order valence-corrected chi connectivity index (χ2v) is 5.93. The summed E-state index contributed by atoms with van der Waals surface area (Å²) in [5.74, 6) is 0.647. The van der Waals surface area contributed by atoms with Crippen LogP contribution in [-0.2, 0) is 10.2 Å². The first-order chi connectivity index (χ1) is 6.76. The highest BCUT2D eigenvalue weighted by Gasteiger charge is 2.36. The molecule has 0 aliphatic heterocycles. The summed E-state index contributed by atoms with van der Waals surface area (Å²) in [6, 6.07) is 0. The SMILES string of the molecule is CC(C)(CC(C)(C)c1nn[nH]n1)C(=O)I. The molecule has 1 heterocycles. The summed E-state index contributed by atoms with van der Waals surface area (Å²) in [5, 5.41) is 13.9. The van der Waals surface area contributed by atoms with Crippen molar-refractivity contribution in [1.82, 2.24) is 20.6 Å². The van der Waals surface area contributed by atoms with E-state index in [0.29, 0.717) is 12.2 Å². The van der Waals surface area contributed by atoms with E-state index in [1.165, 1.54) is 0 Å². The monoisotopic (exact) mass is 322 g/mol. The van der Waals surface area contributed by atoms with Gasteiger partial charge in [-0.15, -0.1) is 10.2 Å². The third-order valence-electron chi connectivity index (χ3n) is 2.37. The number of carbonyl (C=O) groups is 1. The van der Waals surface area contributed by atoms with Gasteiger partial charge in [-0.3, -0.25) is 4.79 Å². The molecule has 0 saturated heterocycles. The molecule has 0 spiro atoms. The van der Waals surface area contributed by atoms with Crippen LogP contribution in [-0.4, -0.2) is 24.4 Å². The van der Waals surface area contributed by atoms with Gasteiger partial charge in [-0.25, -0.2) is 0 Å². The summed E-state index contributed by atoms with van der Waals surface area (Å²) in [4.78, 5) is 11.4. The lowest BCUT2D eigenvalue weighted by Gasteiger charge is -2.29. The van der Waals surface area contributed by atoms with E-state index in [-0.39, 0.29) is 14.6 Å². The lowest BCUT2D eigenvalue weighted by Crippen LogP contribution is -2.31. The van der Waals surface area contributed by atoms with Gasteiger partial charge in [0, 0.05) is 33.4 Å². The van der Waals surface area contributed by atoms with Crippen LogP contribution in [0.15, 0.2) is 0 Å². The Labute approximate surface area is 103 Å². The number of nitrogens with zero attached hydrogens (tertiary/aromatic N) is 3. The van der Waals surface area contributed by atoms with Crippen molar-refractivity contribution in [3.63, 3.8) is 0 Å². The molecule has 0 aromatic carbocycles. The molecule has 5 nitrogen and oxygen atoms in total. The predicted molar refractivity (Wildman–Crippen MR) is 64.6 cm³/mol. The summed E-state index contributed by atoms with van der Waals surface area (Å²) in [5.41, 5.74) is -0.623. The summed E-state index contributed by atoms with van der Waals surface area (Å²) in [6.45, 7) is 7.89. The Morgan fingerprint density at radius 2 is 2.00 bits per heavy atom. The maximum atomic E-state index is 11.4. The molecular weight excluding hydrogens is 307 g/mol. The number of halogens is 1. The molecule has 1 rings (SSSR count). The van der Waals surface area contributed by atoms with Crippen molar-refractivity contribution in [3.05, 3.63) is 5.82 Å². The second-order valence-electron chi connectivity index (χ2n) is 4.95. The van der Waals surface area contributed by atoms with Crippen molar-refractivity contribution < 1.29 is 4.79 Å². The van der Waals surface area contributed by atoms with E-state index in [9.17, 15) is 4.79 Å². The zero-order chi connectivity index (χ0) is 11.7. The number of rotatable bonds is 4. The van der Waals surface area contributed by atoms with Gasteiger partial charge in [0.25, 0.3) is 0 Å². The van der Waals surface area contributed by atoms with E-state index >= 15 is 0 Å². The Morgan fingerprint density at radius 1 is 1.40 bits per heavy atom. The molecular formula is C9H15IN4O. The van der Waals surface area contributed by atoms with Gasteiger partial charge in [0.1, 0.15) is 0 Å². The van der Waals surface area contributed by atoms with Gasteiger partial charge in [0.15, 0.2) is 9.61 Å². The standard InChI is InChI=1S/C9H15IN4O/c1-8(2,6(10)15)5-9(3,4)7-11-13-14-12-7/h5H2,1-4H3,(H,11,12,13,14). The largest absolute Gasteiger partial charge is 0.287 e. The molecule has 1 N–H and O–H groups in total. The molecule has 15 heavy (non-hydrogen) atoms. The van der Waals surface area contributed by atoms with Crippen molar-refractivity contribution >= 4 is 26.4 Å². The predicted octanol–water partition coefficient (Wildman–Crippen LogP) is 1.86. The smallest absolute Gasteiger partial charge is 0.197 e. The van der Waals surface area contributed by atoms with Crippen LogP contribution >= 0.6 is 22.6 Å². The fraction of sp³-hybridized carbons (Fsp3) is 0.778. The number of nitrogens with one attached hydrogen (secondary N) is 1. The molecule has 0 atom stereocenters. The van der Waals surface area contributed by atoms with Gasteiger partial charge < -0.3 is 0 Å². The first kappa shape index (κ1) is 12.5. The molecule has 0 aliphatic carbocycles. The average Bonchev–Trinajstić information content (AvgIpc) is 2.53. The minimum Gasteiger partial charge on any atom is -0.287 e. The van der Waals surface area contributed by atoms with Crippen molar-refractivity contribution in [3.8, 4) is 0 Å². The van der Waals surface area contributed by atoms with E-state index in [4.69, 9.17) is 0 Å². The van der Waals surface area contributed by atoms with Crippen molar-refractivity contribution in [2.24, 2.45) is 5.41 Å². The van der Waals surface area contributed by atoms with Gasteiger partial charge in [-0.1, -0.05) is 32.9 Å². The molecule has 0 aliphatic rings. The van der Waals surface area contributed by atoms with E-state index in [2.05, 4.69) is 20.6 Å². The van der Waals surface area contributed by atoms with Crippen LogP contribution in [0.1, 0.15) is 39.9 Å². The number of hydrogen-bond acceptors (Lipinski definition) is 4. The Morgan fingerprint density at radius 3 is 2.40 bits per heavy atom. The number of H-pyrrole nitrogens is 1. The van der Waals surface area contributed by atoms with E-state index in [1.807, 2.05) is 50.3 Å². The van der Waals surface area contributed by atoms with Crippen molar-refractivity contribution in [2.45, 2.75) is 39.5 Å². The van der Waals surface area contributed by atoms with Crippen LogP contribution < -0.4 is 0 Å². The molecule has 0 amide bonds. The number of aromatic amines is 1. The number of tetrazole rings is 1. The summed E-state index contributed by atoms with van der Waals surface area (Å²) >= 11 is 1.84. The maximum absolute atomic E-state index is 11.4. The number of carbonyl (C=O) groups excluding carboxylic acids is 1. The van der Waals surface area contributed by atoms with Crippen LogP contribution in [0.25, 0.3) is 0 Å². The molecule has 6 heteroatoms. The fourth-order valence-corrected chi connectivity index (χ4v) is 1.89. The van der Waals surface area contributed by atoms with Gasteiger partial charge in [0.2, 0.25) is 0 Å². The lowest BCUT2D eigenvalue weighted by atomic mass is 9.75. The van der Waals surface area contributed by atoms with E-state index < -0.39 is 0 Å². The van der Waals surface area contributed by atoms with Gasteiger partial charge in [-0.2, -0.15) is 5.21 Å². The molecule has 0 bridgehead atoms. The van der Waals surface area contributed by atoms with Crippen molar-refractivity contribution in [1.29, 1.82) is 0 Å². The Balaban J connectivity index is 2.86.